The van der Waals surface area contributed by atoms with Crippen molar-refractivity contribution in [3.05, 3.63) is 34.9 Å². The van der Waals surface area contributed by atoms with Crippen molar-refractivity contribution in [3.63, 3.8) is 0 Å². The molecule has 0 aliphatic carbocycles. The number of likely N-dealkylation sites (N-methyl/N-ethyl adjacent to an activating group) is 1. The number of hydrogen-bond donors (Lipinski definition) is 1. The molecule has 0 fully saturated rings. The van der Waals surface area contributed by atoms with Crippen molar-refractivity contribution in [2.24, 2.45) is 0 Å². The van der Waals surface area contributed by atoms with Gasteiger partial charge in [0.1, 0.15) is 6.04 Å². The van der Waals surface area contributed by atoms with Crippen LogP contribution in [0.2, 0.25) is 5.02 Å². The molecule has 0 saturated carbocycles. The molecule has 1 aromatic rings. The number of rotatable bonds is 5. The topological polar surface area (TPSA) is 47.3 Å². The normalized spacial score (nSPS) is 12.4. The van der Waals surface area contributed by atoms with Gasteiger partial charge in [-0.1, -0.05) is 36.7 Å². The van der Waals surface area contributed by atoms with Crippen molar-refractivity contribution in [2.75, 3.05) is 19.7 Å². The van der Waals surface area contributed by atoms with Crippen LogP contribution >= 0.6 is 11.6 Å². The third kappa shape index (κ3) is 2.96. The standard InChI is InChI=1S/C12H15ClN2O/c1-2-15(7-8-16)12(9-14)10-5-3-4-6-11(10)13/h3-6,12,16H,2,7-8H2,1H3. The zero-order valence-corrected chi connectivity index (χ0v) is 9.98. The molecule has 0 aromatic heterocycles. The molecule has 0 bridgehead atoms. The Hall–Kier alpha value is -1.08. The van der Waals surface area contributed by atoms with Crippen molar-refractivity contribution in [2.45, 2.75) is 13.0 Å². The Labute approximate surface area is 101 Å². The van der Waals surface area contributed by atoms with Crippen LogP contribution in [0.25, 0.3) is 0 Å². The summed E-state index contributed by atoms with van der Waals surface area (Å²) in [5.74, 6) is 0. The number of aliphatic hydroxyl groups excluding tert-OH is 1. The summed E-state index contributed by atoms with van der Waals surface area (Å²) in [5.41, 5.74) is 0.793. The first-order valence-corrected chi connectivity index (χ1v) is 5.61. The lowest BCUT2D eigenvalue weighted by Crippen LogP contribution is -2.30. The van der Waals surface area contributed by atoms with Gasteiger partial charge in [0, 0.05) is 17.1 Å². The van der Waals surface area contributed by atoms with Gasteiger partial charge in [-0.05, 0) is 12.6 Å². The summed E-state index contributed by atoms with van der Waals surface area (Å²) < 4.78 is 0. The highest BCUT2D eigenvalue weighted by Gasteiger charge is 2.20. The van der Waals surface area contributed by atoms with Gasteiger partial charge in [-0.3, -0.25) is 4.90 Å². The van der Waals surface area contributed by atoms with E-state index in [0.29, 0.717) is 18.1 Å². The van der Waals surface area contributed by atoms with E-state index in [0.717, 1.165) is 5.56 Å². The van der Waals surface area contributed by atoms with Crippen molar-refractivity contribution < 1.29 is 5.11 Å². The van der Waals surface area contributed by atoms with Gasteiger partial charge in [0.25, 0.3) is 0 Å². The lowest BCUT2D eigenvalue weighted by Gasteiger charge is -2.25. The molecule has 1 N–H and O–H groups in total. The second kappa shape index (κ2) is 6.49. The second-order valence-electron chi connectivity index (χ2n) is 3.41. The van der Waals surface area contributed by atoms with Gasteiger partial charge in [0.2, 0.25) is 0 Å². The molecule has 0 radical (unpaired) electrons. The summed E-state index contributed by atoms with van der Waals surface area (Å²) in [6, 6.07) is 9.14. The van der Waals surface area contributed by atoms with Crippen LogP contribution < -0.4 is 0 Å². The Balaban J connectivity index is 2.98. The highest BCUT2D eigenvalue weighted by atomic mass is 35.5. The fraction of sp³-hybridized carbons (Fsp3) is 0.417. The van der Waals surface area contributed by atoms with Crippen LogP contribution in [-0.2, 0) is 0 Å². The summed E-state index contributed by atoms with van der Waals surface area (Å²) in [5, 5.41) is 18.7. The molecule has 1 aromatic carbocycles. The first-order chi connectivity index (χ1) is 7.74. The van der Waals surface area contributed by atoms with Gasteiger partial charge >= 0.3 is 0 Å². The molecule has 86 valence electrons. The van der Waals surface area contributed by atoms with E-state index < -0.39 is 6.04 Å². The molecule has 1 atom stereocenters. The van der Waals surface area contributed by atoms with E-state index in [2.05, 4.69) is 6.07 Å². The van der Waals surface area contributed by atoms with E-state index in [9.17, 15) is 5.26 Å². The lowest BCUT2D eigenvalue weighted by atomic mass is 10.1. The van der Waals surface area contributed by atoms with Gasteiger partial charge in [-0.2, -0.15) is 5.26 Å². The lowest BCUT2D eigenvalue weighted by molar-refractivity contribution is 0.180. The molecule has 16 heavy (non-hydrogen) atoms. The molecular formula is C12H15ClN2O. The molecular weight excluding hydrogens is 224 g/mol. The molecule has 4 heteroatoms. The number of halogens is 1. The summed E-state index contributed by atoms with van der Waals surface area (Å²) >= 11 is 6.06. The van der Waals surface area contributed by atoms with Crippen molar-refractivity contribution in [3.8, 4) is 6.07 Å². The number of hydrogen-bond acceptors (Lipinski definition) is 3. The maximum Gasteiger partial charge on any atom is 0.125 e. The molecule has 0 saturated heterocycles. The first kappa shape index (κ1) is 13.0. The number of nitrogens with zero attached hydrogens (tertiary/aromatic N) is 2. The minimum absolute atomic E-state index is 0.0382. The molecule has 3 nitrogen and oxygen atoms in total. The average molecular weight is 239 g/mol. The molecule has 0 amide bonds. The Morgan fingerprint density at radius 1 is 1.50 bits per heavy atom. The molecule has 0 aliphatic heterocycles. The minimum atomic E-state index is -0.397. The van der Waals surface area contributed by atoms with Crippen molar-refractivity contribution >= 4 is 11.6 Å². The molecule has 1 unspecified atom stereocenters. The Bertz CT molecular complexity index is 376. The molecule has 0 spiro atoms. The summed E-state index contributed by atoms with van der Waals surface area (Å²) in [6.07, 6.45) is 0. The third-order valence-corrected chi connectivity index (χ3v) is 2.82. The fourth-order valence-corrected chi connectivity index (χ4v) is 1.88. The highest BCUT2D eigenvalue weighted by Crippen LogP contribution is 2.26. The smallest absolute Gasteiger partial charge is 0.125 e. The first-order valence-electron chi connectivity index (χ1n) is 5.23. The van der Waals surface area contributed by atoms with E-state index in [-0.39, 0.29) is 6.61 Å². The SMILES string of the molecule is CCN(CCO)C(C#N)c1ccccc1Cl. The van der Waals surface area contributed by atoms with Gasteiger partial charge in [0.05, 0.1) is 12.7 Å². The summed E-state index contributed by atoms with van der Waals surface area (Å²) in [4.78, 5) is 1.89. The number of nitriles is 1. The maximum absolute atomic E-state index is 9.20. The van der Waals surface area contributed by atoms with Crippen molar-refractivity contribution in [1.82, 2.24) is 4.90 Å². The Morgan fingerprint density at radius 3 is 2.69 bits per heavy atom. The van der Waals surface area contributed by atoms with Crippen molar-refractivity contribution in [1.29, 1.82) is 5.26 Å². The van der Waals surface area contributed by atoms with Crippen LogP contribution in [0, 0.1) is 11.3 Å². The average Bonchev–Trinajstić information content (AvgIpc) is 2.31. The maximum atomic E-state index is 9.20. The van der Waals surface area contributed by atoms with E-state index >= 15 is 0 Å². The fourth-order valence-electron chi connectivity index (χ4n) is 1.64. The summed E-state index contributed by atoms with van der Waals surface area (Å²) in [7, 11) is 0. The predicted molar refractivity (Wildman–Crippen MR) is 64.1 cm³/mol. The quantitative estimate of drug-likeness (QED) is 0.856. The van der Waals surface area contributed by atoms with E-state index in [1.807, 2.05) is 30.0 Å². The second-order valence-corrected chi connectivity index (χ2v) is 3.81. The Morgan fingerprint density at radius 2 is 2.19 bits per heavy atom. The van der Waals surface area contributed by atoms with E-state index in [4.69, 9.17) is 16.7 Å². The molecule has 1 rings (SSSR count). The predicted octanol–water partition coefficient (Wildman–Crippen LogP) is 2.22. The number of aliphatic hydroxyl groups is 1. The summed E-state index contributed by atoms with van der Waals surface area (Å²) in [6.45, 7) is 3.16. The zero-order valence-electron chi connectivity index (χ0n) is 9.23. The molecule has 0 heterocycles. The number of benzene rings is 1. The van der Waals surface area contributed by atoms with Crippen LogP contribution in [0.1, 0.15) is 18.5 Å². The van der Waals surface area contributed by atoms with Gasteiger partial charge < -0.3 is 5.11 Å². The van der Waals surface area contributed by atoms with Crippen LogP contribution in [-0.4, -0.2) is 29.7 Å². The van der Waals surface area contributed by atoms with Gasteiger partial charge in [-0.25, -0.2) is 0 Å². The van der Waals surface area contributed by atoms with E-state index in [1.165, 1.54) is 0 Å². The monoisotopic (exact) mass is 238 g/mol. The van der Waals surface area contributed by atoms with Crippen LogP contribution in [0.15, 0.2) is 24.3 Å². The zero-order chi connectivity index (χ0) is 12.0. The van der Waals surface area contributed by atoms with Crippen LogP contribution in [0.5, 0.6) is 0 Å². The van der Waals surface area contributed by atoms with Gasteiger partial charge in [-0.15, -0.1) is 0 Å². The highest BCUT2D eigenvalue weighted by molar-refractivity contribution is 6.31. The van der Waals surface area contributed by atoms with E-state index in [1.54, 1.807) is 6.07 Å². The third-order valence-electron chi connectivity index (χ3n) is 2.48. The Kier molecular flexibility index (Phi) is 5.27. The van der Waals surface area contributed by atoms with Crippen LogP contribution in [0.3, 0.4) is 0 Å². The van der Waals surface area contributed by atoms with Crippen LogP contribution in [0.4, 0.5) is 0 Å². The molecule has 0 aliphatic rings. The van der Waals surface area contributed by atoms with Gasteiger partial charge in [0.15, 0.2) is 0 Å². The largest absolute Gasteiger partial charge is 0.395 e. The minimum Gasteiger partial charge on any atom is -0.395 e.